The van der Waals surface area contributed by atoms with Gasteiger partial charge in [0.2, 0.25) is 0 Å². The van der Waals surface area contributed by atoms with Gasteiger partial charge in [-0.25, -0.2) is 0 Å². The van der Waals surface area contributed by atoms with Gasteiger partial charge < -0.3 is 5.73 Å². The molecule has 2 rings (SSSR count). The average molecular weight is 261 g/mol. The van der Waals surface area contributed by atoms with Gasteiger partial charge in [-0.3, -0.25) is 4.90 Å². The second-order valence-corrected chi connectivity index (χ2v) is 4.79. The Balaban J connectivity index is 0.00000128. The number of benzene rings is 1. The molecule has 1 saturated heterocycles. The van der Waals surface area contributed by atoms with E-state index >= 15 is 0 Å². The highest BCUT2D eigenvalue weighted by atomic mass is 35.5. The third kappa shape index (κ3) is 3.36. The number of nitrogens with two attached hydrogens (primary N) is 1. The Morgan fingerprint density at radius 2 is 2.25 bits per heavy atom. The van der Waals surface area contributed by atoms with Crippen molar-refractivity contribution >= 4 is 24.0 Å². The SMILES string of the molecule is Cc1cc(Cl)ccc1CN1CC[C@H](N)C1.Cl. The van der Waals surface area contributed by atoms with Gasteiger partial charge in [-0.2, -0.15) is 0 Å². The fraction of sp³-hybridized carbons (Fsp3) is 0.500. The zero-order chi connectivity index (χ0) is 10.8. The summed E-state index contributed by atoms with van der Waals surface area (Å²) >= 11 is 5.92. The Bertz CT molecular complexity index is 355. The summed E-state index contributed by atoms with van der Waals surface area (Å²) in [5, 5.41) is 0.814. The highest BCUT2D eigenvalue weighted by molar-refractivity contribution is 6.30. The lowest BCUT2D eigenvalue weighted by Gasteiger charge is -2.16. The van der Waals surface area contributed by atoms with E-state index in [4.69, 9.17) is 17.3 Å². The predicted molar refractivity (Wildman–Crippen MR) is 71.3 cm³/mol. The van der Waals surface area contributed by atoms with E-state index in [1.54, 1.807) is 0 Å². The van der Waals surface area contributed by atoms with E-state index in [-0.39, 0.29) is 12.4 Å². The zero-order valence-corrected chi connectivity index (χ0v) is 11.0. The van der Waals surface area contributed by atoms with Crippen molar-refractivity contribution in [2.24, 2.45) is 5.73 Å². The second-order valence-electron chi connectivity index (χ2n) is 4.35. The van der Waals surface area contributed by atoms with Gasteiger partial charge in [-0.15, -0.1) is 12.4 Å². The van der Waals surface area contributed by atoms with E-state index in [1.165, 1.54) is 11.1 Å². The van der Waals surface area contributed by atoms with Crippen LogP contribution in [0.1, 0.15) is 17.5 Å². The van der Waals surface area contributed by atoms with Gasteiger partial charge in [0.25, 0.3) is 0 Å². The average Bonchev–Trinajstić information content (AvgIpc) is 2.56. The van der Waals surface area contributed by atoms with Crippen molar-refractivity contribution in [1.82, 2.24) is 4.90 Å². The molecule has 1 fully saturated rings. The monoisotopic (exact) mass is 260 g/mol. The van der Waals surface area contributed by atoms with Crippen LogP contribution >= 0.6 is 24.0 Å². The summed E-state index contributed by atoms with van der Waals surface area (Å²) in [6.45, 7) is 5.24. The fourth-order valence-corrected chi connectivity index (χ4v) is 2.31. The molecule has 0 unspecified atom stereocenters. The van der Waals surface area contributed by atoms with Crippen molar-refractivity contribution in [3.8, 4) is 0 Å². The number of rotatable bonds is 2. The maximum Gasteiger partial charge on any atom is 0.0408 e. The topological polar surface area (TPSA) is 29.3 Å². The van der Waals surface area contributed by atoms with Crippen LogP contribution in [0.15, 0.2) is 18.2 Å². The Kier molecular flexibility index (Phi) is 5.06. The van der Waals surface area contributed by atoms with Gasteiger partial charge in [-0.05, 0) is 36.6 Å². The molecule has 0 aromatic heterocycles. The summed E-state index contributed by atoms with van der Waals surface area (Å²) in [4.78, 5) is 2.40. The van der Waals surface area contributed by atoms with Crippen LogP contribution in [0.25, 0.3) is 0 Å². The molecule has 0 bridgehead atoms. The third-order valence-electron chi connectivity index (χ3n) is 3.01. The van der Waals surface area contributed by atoms with Crippen molar-refractivity contribution in [3.63, 3.8) is 0 Å². The van der Waals surface area contributed by atoms with Crippen LogP contribution in [0, 0.1) is 6.92 Å². The van der Waals surface area contributed by atoms with Gasteiger partial charge in [0, 0.05) is 30.7 Å². The molecular formula is C12H18Cl2N2. The number of halogens is 2. The molecule has 0 aliphatic carbocycles. The van der Waals surface area contributed by atoms with Gasteiger partial charge in [0.15, 0.2) is 0 Å². The van der Waals surface area contributed by atoms with Crippen molar-refractivity contribution in [2.45, 2.75) is 25.9 Å². The molecule has 90 valence electrons. The standard InChI is InChI=1S/C12H17ClN2.ClH/c1-9-6-11(13)3-2-10(9)7-15-5-4-12(14)8-15;/h2-3,6,12H,4-5,7-8,14H2,1H3;1H/t12-;/m0./s1. The lowest BCUT2D eigenvalue weighted by Crippen LogP contribution is -2.26. The van der Waals surface area contributed by atoms with Crippen molar-refractivity contribution in [3.05, 3.63) is 34.3 Å². The van der Waals surface area contributed by atoms with Crippen LogP contribution in [0.4, 0.5) is 0 Å². The Morgan fingerprint density at radius 1 is 1.50 bits per heavy atom. The smallest absolute Gasteiger partial charge is 0.0408 e. The van der Waals surface area contributed by atoms with Crippen LogP contribution in [0.5, 0.6) is 0 Å². The largest absolute Gasteiger partial charge is 0.326 e. The maximum absolute atomic E-state index is 5.92. The Morgan fingerprint density at radius 3 is 2.81 bits per heavy atom. The Labute approximate surface area is 108 Å². The lowest BCUT2D eigenvalue weighted by atomic mass is 10.1. The summed E-state index contributed by atoms with van der Waals surface area (Å²) in [5.41, 5.74) is 8.50. The van der Waals surface area contributed by atoms with E-state index < -0.39 is 0 Å². The molecule has 1 aromatic carbocycles. The molecule has 1 atom stereocenters. The highest BCUT2D eigenvalue weighted by Gasteiger charge is 2.19. The summed E-state index contributed by atoms with van der Waals surface area (Å²) < 4.78 is 0. The minimum absolute atomic E-state index is 0. The Hall–Kier alpha value is -0.280. The van der Waals surface area contributed by atoms with Crippen LogP contribution < -0.4 is 5.73 Å². The lowest BCUT2D eigenvalue weighted by molar-refractivity contribution is 0.326. The van der Waals surface area contributed by atoms with Crippen LogP contribution in [-0.2, 0) is 6.54 Å². The van der Waals surface area contributed by atoms with Crippen LogP contribution in [0.2, 0.25) is 5.02 Å². The normalized spacial score (nSPS) is 20.8. The van der Waals surface area contributed by atoms with E-state index in [2.05, 4.69) is 17.9 Å². The minimum atomic E-state index is 0. The molecular weight excluding hydrogens is 243 g/mol. The number of hydrogen-bond acceptors (Lipinski definition) is 2. The van der Waals surface area contributed by atoms with Crippen molar-refractivity contribution in [2.75, 3.05) is 13.1 Å². The number of hydrogen-bond donors (Lipinski definition) is 1. The van der Waals surface area contributed by atoms with Gasteiger partial charge >= 0.3 is 0 Å². The molecule has 1 aliphatic rings. The summed E-state index contributed by atoms with van der Waals surface area (Å²) in [6.07, 6.45) is 1.12. The zero-order valence-electron chi connectivity index (χ0n) is 9.45. The van der Waals surface area contributed by atoms with Gasteiger partial charge in [0.05, 0.1) is 0 Å². The molecule has 2 N–H and O–H groups in total. The minimum Gasteiger partial charge on any atom is -0.326 e. The number of nitrogens with zero attached hydrogens (tertiary/aromatic N) is 1. The van der Waals surface area contributed by atoms with E-state index in [0.717, 1.165) is 31.1 Å². The van der Waals surface area contributed by atoms with E-state index in [0.29, 0.717) is 6.04 Å². The molecule has 0 amide bonds. The molecule has 16 heavy (non-hydrogen) atoms. The van der Waals surface area contributed by atoms with Gasteiger partial charge in [-0.1, -0.05) is 17.7 Å². The summed E-state index contributed by atoms with van der Waals surface area (Å²) in [7, 11) is 0. The van der Waals surface area contributed by atoms with Crippen LogP contribution in [0.3, 0.4) is 0 Å². The van der Waals surface area contributed by atoms with E-state index in [9.17, 15) is 0 Å². The quantitative estimate of drug-likeness (QED) is 0.886. The first kappa shape index (κ1) is 13.8. The first-order valence-corrected chi connectivity index (χ1v) is 5.76. The summed E-state index contributed by atoms with van der Waals surface area (Å²) in [5.74, 6) is 0. The first-order chi connectivity index (χ1) is 7.15. The predicted octanol–water partition coefficient (Wildman–Crippen LogP) is 2.60. The maximum atomic E-state index is 5.92. The molecule has 1 heterocycles. The first-order valence-electron chi connectivity index (χ1n) is 5.38. The summed E-state index contributed by atoms with van der Waals surface area (Å²) in [6, 6.07) is 6.45. The molecule has 0 saturated carbocycles. The number of aryl methyl sites for hydroxylation is 1. The van der Waals surface area contributed by atoms with Crippen LogP contribution in [-0.4, -0.2) is 24.0 Å². The van der Waals surface area contributed by atoms with Crippen molar-refractivity contribution in [1.29, 1.82) is 0 Å². The van der Waals surface area contributed by atoms with Gasteiger partial charge in [0.1, 0.15) is 0 Å². The molecule has 2 nitrogen and oxygen atoms in total. The molecule has 0 spiro atoms. The number of likely N-dealkylation sites (tertiary alicyclic amines) is 1. The molecule has 1 aromatic rings. The van der Waals surface area contributed by atoms with E-state index in [1.807, 2.05) is 12.1 Å². The molecule has 4 heteroatoms. The fourth-order valence-electron chi connectivity index (χ4n) is 2.08. The van der Waals surface area contributed by atoms with Crippen molar-refractivity contribution < 1.29 is 0 Å². The highest BCUT2D eigenvalue weighted by Crippen LogP contribution is 2.18. The second kappa shape index (κ2) is 5.87. The third-order valence-corrected chi connectivity index (χ3v) is 3.24. The molecule has 0 radical (unpaired) electrons. The molecule has 1 aliphatic heterocycles.